The van der Waals surface area contributed by atoms with E-state index in [9.17, 15) is 32.3 Å². The van der Waals surface area contributed by atoms with Crippen molar-refractivity contribution in [2.45, 2.75) is 63.5 Å². The van der Waals surface area contributed by atoms with Gasteiger partial charge in [-0.3, -0.25) is 9.36 Å². The molecule has 1 aromatic heterocycles. The minimum Gasteiger partial charge on any atom is -0.495 e. The highest BCUT2D eigenvalue weighted by atomic mass is 31.2. The van der Waals surface area contributed by atoms with E-state index in [-0.39, 0.29) is 41.0 Å². The summed E-state index contributed by atoms with van der Waals surface area (Å²) in [5.41, 5.74) is 1.80. The molecule has 11 nitrogen and oxygen atoms in total. The zero-order chi connectivity index (χ0) is 32.5. The Balaban J connectivity index is 1.47. The predicted molar refractivity (Wildman–Crippen MR) is 161 cm³/mol. The summed E-state index contributed by atoms with van der Waals surface area (Å²) < 4.78 is 64.8. The minimum absolute atomic E-state index is 0.177. The van der Waals surface area contributed by atoms with Gasteiger partial charge in [0.15, 0.2) is 0 Å². The largest absolute Gasteiger partial charge is 0.495 e. The van der Waals surface area contributed by atoms with E-state index in [2.05, 4.69) is 20.6 Å². The summed E-state index contributed by atoms with van der Waals surface area (Å²) in [5.74, 6) is -0.650. The van der Waals surface area contributed by atoms with Crippen LogP contribution in [0.3, 0.4) is 0 Å². The Morgan fingerprint density at radius 1 is 1.09 bits per heavy atom. The van der Waals surface area contributed by atoms with E-state index in [1.54, 1.807) is 18.0 Å². The lowest BCUT2D eigenvalue weighted by Gasteiger charge is -2.30. The highest BCUT2D eigenvalue weighted by Gasteiger charge is 2.37. The predicted octanol–water partition coefficient (Wildman–Crippen LogP) is 6.32. The van der Waals surface area contributed by atoms with Crippen molar-refractivity contribution in [3.63, 3.8) is 0 Å². The van der Waals surface area contributed by atoms with Gasteiger partial charge in [0.25, 0.3) is 5.91 Å². The van der Waals surface area contributed by atoms with Crippen molar-refractivity contribution < 1.29 is 41.8 Å². The molecule has 45 heavy (non-hydrogen) atoms. The number of nitrogens with one attached hydrogen (secondary N) is 2. The van der Waals surface area contributed by atoms with Gasteiger partial charge in [-0.1, -0.05) is 12.1 Å². The molecule has 15 heteroatoms. The second kappa shape index (κ2) is 13.0. The van der Waals surface area contributed by atoms with Gasteiger partial charge >= 0.3 is 13.8 Å². The van der Waals surface area contributed by atoms with E-state index in [4.69, 9.17) is 9.47 Å². The average molecular weight is 650 g/mol. The Labute approximate surface area is 258 Å². The smallest absolute Gasteiger partial charge is 0.421 e. The molecule has 242 valence electrons. The van der Waals surface area contributed by atoms with Gasteiger partial charge in [-0.15, -0.1) is 0 Å². The molecular weight excluding hydrogens is 614 g/mol. The van der Waals surface area contributed by atoms with E-state index < -0.39 is 31.3 Å². The van der Waals surface area contributed by atoms with Crippen molar-refractivity contribution in [3.8, 4) is 5.75 Å². The van der Waals surface area contributed by atoms with Gasteiger partial charge in [0.05, 0.1) is 36.3 Å². The van der Waals surface area contributed by atoms with Crippen LogP contribution in [-0.4, -0.2) is 57.4 Å². The van der Waals surface area contributed by atoms with Crippen LogP contribution in [0.5, 0.6) is 5.75 Å². The summed E-state index contributed by atoms with van der Waals surface area (Å²) in [5, 5.41) is 5.59. The standard InChI is InChI=1S/C30H35F3N5O6P/c1-4-44-19-8-6-18(7-9-19)20-10-12-24(26-21(20)15-38(2)28(26)39)35-27-22(30(31,32)33)14-34-29(37-27)36-23-11-5-17(13-25(23)43-3)16-45(40,41)42/h5,10-14,18-19H,4,6-9,15-16H2,1-3H3,(H2,40,41,42)(H2,34,35,36,37). The van der Waals surface area contributed by atoms with Crippen LogP contribution in [0.4, 0.5) is 36.3 Å². The molecule has 0 spiro atoms. The Bertz CT molecular complexity index is 1620. The quantitative estimate of drug-likeness (QED) is 0.184. The number of alkyl halides is 3. The minimum atomic E-state index is -4.80. The van der Waals surface area contributed by atoms with Gasteiger partial charge in [0.1, 0.15) is 17.1 Å². The van der Waals surface area contributed by atoms with Gasteiger partial charge in [-0.2, -0.15) is 18.2 Å². The summed E-state index contributed by atoms with van der Waals surface area (Å²) in [6.45, 7) is 2.98. The number of aromatic nitrogens is 2. The molecular formula is C30H35F3N5O6P. The lowest BCUT2D eigenvalue weighted by Crippen LogP contribution is -2.21. The zero-order valence-corrected chi connectivity index (χ0v) is 25.9. The number of carbonyl (C=O) groups is 1. The number of methoxy groups -OCH3 is 1. The molecule has 4 N–H and O–H groups in total. The van der Waals surface area contributed by atoms with E-state index >= 15 is 0 Å². The van der Waals surface area contributed by atoms with Crippen molar-refractivity contribution in [2.24, 2.45) is 0 Å². The van der Waals surface area contributed by atoms with E-state index in [0.717, 1.165) is 36.8 Å². The maximum Gasteiger partial charge on any atom is 0.421 e. The molecule has 0 bridgehead atoms. The maximum atomic E-state index is 14.1. The molecule has 1 fully saturated rings. The number of anilines is 4. The number of rotatable bonds is 10. The Hall–Kier alpha value is -3.71. The number of hydrogen-bond donors (Lipinski definition) is 4. The number of nitrogens with zero attached hydrogens (tertiary/aromatic N) is 3. The summed E-state index contributed by atoms with van der Waals surface area (Å²) in [6, 6.07) is 7.83. The van der Waals surface area contributed by atoms with Crippen LogP contribution in [-0.2, 0) is 28.2 Å². The SMILES string of the molecule is CCOC1CCC(c2ccc(Nc3nc(Nc4ccc(CP(=O)(O)O)cc4OC)ncc3C(F)(F)F)c3c2CN(C)C3=O)CC1. The summed E-state index contributed by atoms with van der Waals surface area (Å²) in [7, 11) is -1.34. The first-order chi connectivity index (χ1) is 21.3. The number of benzene rings is 2. The van der Waals surface area contributed by atoms with Gasteiger partial charge in [0.2, 0.25) is 5.95 Å². The van der Waals surface area contributed by atoms with Crippen molar-refractivity contribution in [1.82, 2.24) is 14.9 Å². The van der Waals surface area contributed by atoms with Crippen molar-refractivity contribution in [3.05, 3.63) is 64.3 Å². The van der Waals surface area contributed by atoms with Crippen LogP contribution in [0.25, 0.3) is 0 Å². The number of carbonyl (C=O) groups excluding carboxylic acids is 1. The van der Waals surface area contributed by atoms with Gasteiger partial charge in [-0.25, -0.2) is 4.98 Å². The summed E-state index contributed by atoms with van der Waals surface area (Å²) in [4.78, 5) is 41.4. The first-order valence-electron chi connectivity index (χ1n) is 14.5. The molecule has 2 heterocycles. The fraction of sp³-hybridized carbons (Fsp3) is 0.433. The Kier molecular flexibility index (Phi) is 9.41. The second-order valence-corrected chi connectivity index (χ2v) is 12.9. The third kappa shape index (κ3) is 7.41. The fourth-order valence-corrected chi connectivity index (χ4v) is 6.68. The van der Waals surface area contributed by atoms with E-state index in [0.29, 0.717) is 30.5 Å². The van der Waals surface area contributed by atoms with E-state index in [1.165, 1.54) is 25.3 Å². The highest BCUT2D eigenvalue weighted by Crippen LogP contribution is 2.44. The van der Waals surface area contributed by atoms with Crippen molar-refractivity contribution in [2.75, 3.05) is 31.4 Å². The lowest BCUT2D eigenvalue weighted by atomic mass is 9.80. The first kappa shape index (κ1) is 32.7. The average Bonchev–Trinajstić information content (AvgIpc) is 3.27. The topological polar surface area (TPSA) is 146 Å². The number of ether oxygens (including phenoxy) is 2. The molecule has 0 radical (unpaired) electrons. The first-order valence-corrected chi connectivity index (χ1v) is 16.3. The summed E-state index contributed by atoms with van der Waals surface area (Å²) in [6.07, 6.45) is -0.865. The third-order valence-corrected chi connectivity index (χ3v) is 8.85. The molecule has 0 unspecified atom stereocenters. The van der Waals surface area contributed by atoms with Gasteiger partial charge in [-0.05, 0) is 73.4 Å². The molecule has 0 atom stereocenters. The molecule has 3 aromatic rings. The molecule has 1 saturated carbocycles. The maximum absolute atomic E-state index is 14.1. The third-order valence-electron chi connectivity index (χ3n) is 8.07. The molecule has 1 aliphatic carbocycles. The summed E-state index contributed by atoms with van der Waals surface area (Å²) >= 11 is 0. The monoisotopic (exact) mass is 649 g/mol. The zero-order valence-electron chi connectivity index (χ0n) is 25.0. The van der Waals surface area contributed by atoms with Gasteiger partial charge < -0.3 is 34.8 Å². The number of amides is 1. The second-order valence-electron chi connectivity index (χ2n) is 11.2. The normalized spacial score (nSPS) is 18.6. The number of fused-ring (bicyclic) bond motifs is 1. The molecule has 1 amide bonds. The van der Waals surface area contributed by atoms with Crippen LogP contribution >= 0.6 is 7.60 Å². The van der Waals surface area contributed by atoms with E-state index in [1.807, 2.05) is 13.0 Å². The van der Waals surface area contributed by atoms with Crippen LogP contribution < -0.4 is 15.4 Å². The van der Waals surface area contributed by atoms with Crippen LogP contribution in [0.2, 0.25) is 0 Å². The molecule has 0 saturated heterocycles. The van der Waals surface area contributed by atoms with Crippen LogP contribution in [0, 0.1) is 0 Å². The molecule has 2 aliphatic rings. The molecule has 5 rings (SSSR count). The fourth-order valence-electron chi connectivity index (χ4n) is 6.01. The number of hydrogen-bond acceptors (Lipinski definition) is 8. The molecule has 1 aliphatic heterocycles. The lowest BCUT2D eigenvalue weighted by molar-refractivity contribution is -0.137. The number of halogens is 3. The van der Waals surface area contributed by atoms with Crippen LogP contribution in [0.15, 0.2) is 36.5 Å². The van der Waals surface area contributed by atoms with Crippen LogP contribution in [0.1, 0.15) is 71.1 Å². The van der Waals surface area contributed by atoms with Crippen molar-refractivity contribution >= 4 is 36.6 Å². The Morgan fingerprint density at radius 2 is 1.80 bits per heavy atom. The van der Waals surface area contributed by atoms with Crippen molar-refractivity contribution in [1.29, 1.82) is 0 Å². The van der Waals surface area contributed by atoms with Gasteiger partial charge in [0, 0.05) is 26.4 Å². The Morgan fingerprint density at radius 3 is 2.44 bits per heavy atom. The molecule has 2 aromatic carbocycles. The highest BCUT2D eigenvalue weighted by molar-refractivity contribution is 7.50.